The fourth-order valence-corrected chi connectivity index (χ4v) is 4.08. The number of rotatable bonds is 3. The van der Waals surface area contributed by atoms with Crippen molar-refractivity contribution in [2.75, 3.05) is 7.11 Å². The summed E-state index contributed by atoms with van der Waals surface area (Å²) in [5.41, 5.74) is -0.829. The van der Waals surface area contributed by atoms with Gasteiger partial charge < -0.3 is 4.74 Å². The average molecular weight is 371 g/mol. The Morgan fingerprint density at radius 1 is 1.32 bits per heavy atom. The molecule has 0 aliphatic heterocycles. The number of ketones is 1. The summed E-state index contributed by atoms with van der Waals surface area (Å²) >= 11 is 4.76. The first-order valence-corrected chi connectivity index (χ1v) is 7.41. The van der Waals surface area contributed by atoms with Crippen LogP contribution in [-0.4, -0.2) is 12.9 Å². The first-order chi connectivity index (χ1) is 8.84. The monoisotopic (exact) mass is 370 g/mol. The predicted molar refractivity (Wildman–Crippen MR) is 71.3 cm³/mol. The minimum atomic E-state index is -4.47. The van der Waals surface area contributed by atoms with Crippen molar-refractivity contribution in [1.82, 2.24) is 0 Å². The summed E-state index contributed by atoms with van der Waals surface area (Å²) < 4.78 is 42.6. The molecular formula is C11H6BrF3O2S2. The van der Waals surface area contributed by atoms with E-state index in [1.807, 2.05) is 0 Å². The Hall–Kier alpha value is -0.860. The third-order valence-electron chi connectivity index (χ3n) is 2.28. The fourth-order valence-electron chi connectivity index (χ4n) is 1.34. The van der Waals surface area contributed by atoms with E-state index in [0.29, 0.717) is 10.6 Å². The lowest BCUT2D eigenvalue weighted by atomic mass is 10.2. The number of methoxy groups -OCH3 is 1. The molecule has 0 unspecified atom stereocenters. The molecule has 0 saturated heterocycles. The SMILES string of the molecule is COc1csc(C(=O)c2scc(C(F)(F)F)c2Br)c1. The molecule has 2 rings (SSSR count). The first kappa shape index (κ1) is 14.5. The molecule has 19 heavy (non-hydrogen) atoms. The summed E-state index contributed by atoms with van der Waals surface area (Å²) in [4.78, 5) is 12.5. The quantitative estimate of drug-likeness (QED) is 0.723. The Morgan fingerprint density at radius 3 is 2.47 bits per heavy atom. The molecule has 2 heterocycles. The number of alkyl halides is 3. The van der Waals surface area contributed by atoms with Gasteiger partial charge in [0.05, 0.1) is 26.9 Å². The topological polar surface area (TPSA) is 26.3 Å². The highest BCUT2D eigenvalue weighted by Gasteiger charge is 2.36. The molecule has 8 heteroatoms. The van der Waals surface area contributed by atoms with Crippen LogP contribution >= 0.6 is 38.6 Å². The second-order valence-corrected chi connectivity index (χ2v) is 6.05. The minimum absolute atomic E-state index is 0.0387. The van der Waals surface area contributed by atoms with Gasteiger partial charge in [0.1, 0.15) is 5.75 Å². The maximum absolute atomic E-state index is 12.6. The maximum atomic E-state index is 12.6. The van der Waals surface area contributed by atoms with Crippen molar-refractivity contribution < 1.29 is 22.7 Å². The standard InChI is InChI=1S/C11H6BrF3O2S2/c1-17-5-2-7(18-3-5)9(16)10-8(12)6(4-19-10)11(13,14)15/h2-4H,1H3. The summed E-state index contributed by atoms with van der Waals surface area (Å²) in [5.74, 6) is 0.0674. The van der Waals surface area contributed by atoms with Crippen molar-refractivity contribution >= 4 is 44.4 Å². The third kappa shape index (κ3) is 2.85. The van der Waals surface area contributed by atoms with E-state index in [-0.39, 0.29) is 9.35 Å². The van der Waals surface area contributed by atoms with E-state index in [9.17, 15) is 18.0 Å². The molecule has 0 bridgehead atoms. The van der Waals surface area contributed by atoms with E-state index in [2.05, 4.69) is 15.9 Å². The second kappa shape index (κ2) is 5.26. The Kier molecular flexibility index (Phi) is 4.03. The lowest BCUT2D eigenvalue weighted by molar-refractivity contribution is -0.137. The predicted octanol–water partition coefficient (Wildman–Crippen LogP) is 4.83. The molecule has 0 aliphatic rings. The lowest BCUT2D eigenvalue weighted by Crippen LogP contribution is -2.05. The Labute approximate surface area is 123 Å². The largest absolute Gasteiger partial charge is 0.496 e. The van der Waals surface area contributed by atoms with E-state index in [4.69, 9.17) is 4.74 Å². The van der Waals surface area contributed by atoms with Crippen LogP contribution < -0.4 is 4.74 Å². The number of carbonyl (C=O) groups is 1. The van der Waals surface area contributed by atoms with Gasteiger partial charge in [-0.2, -0.15) is 13.2 Å². The highest BCUT2D eigenvalue weighted by molar-refractivity contribution is 9.10. The number of thiophene rings is 2. The molecule has 0 radical (unpaired) electrons. The molecule has 0 aliphatic carbocycles. The summed E-state index contributed by atoms with van der Waals surface area (Å²) in [6.45, 7) is 0. The number of hydrogen-bond donors (Lipinski definition) is 0. The molecule has 0 atom stereocenters. The molecule has 0 N–H and O–H groups in total. The molecule has 0 fully saturated rings. The van der Waals surface area contributed by atoms with Crippen molar-refractivity contribution in [3.63, 3.8) is 0 Å². The summed E-state index contributed by atoms with van der Waals surface area (Å²) in [6.07, 6.45) is -4.47. The minimum Gasteiger partial charge on any atom is -0.496 e. The van der Waals surface area contributed by atoms with Gasteiger partial charge in [0.2, 0.25) is 5.78 Å². The Balaban J connectivity index is 2.37. The molecule has 0 spiro atoms. The van der Waals surface area contributed by atoms with Crippen LogP contribution in [0.25, 0.3) is 0 Å². The molecule has 2 nitrogen and oxygen atoms in total. The molecule has 2 aromatic heterocycles. The summed E-state index contributed by atoms with van der Waals surface area (Å²) in [6, 6.07) is 1.51. The van der Waals surface area contributed by atoms with Gasteiger partial charge in [-0.1, -0.05) is 0 Å². The number of ether oxygens (including phenoxy) is 1. The average Bonchev–Trinajstić information content (AvgIpc) is 2.93. The second-order valence-electron chi connectivity index (χ2n) is 3.47. The highest BCUT2D eigenvalue weighted by atomic mass is 79.9. The van der Waals surface area contributed by atoms with Crippen molar-refractivity contribution in [3.05, 3.63) is 36.6 Å². The van der Waals surface area contributed by atoms with Gasteiger partial charge in [-0.05, 0) is 15.9 Å². The molecule has 0 aromatic carbocycles. The highest BCUT2D eigenvalue weighted by Crippen LogP contribution is 2.41. The van der Waals surface area contributed by atoms with Gasteiger partial charge in [0.15, 0.2) is 0 Å². The van der Waals surface area contributed by atoms with E-state index >= 15 is 0 Å². The Bertz CT molecular complexity index is 616. The normalized spacial score (nSPS) is 11.6. The van der Waals surface area contributed by atoms with Crippen LogP contribution in [0.3, 0.4) is 0 Å². The first-order valence-electron chi connectivity index (χ1n) is 4.86. The van der Waals surface area contributed by atoms with Crippen molar-refractivity contribution in [2.45, 2.75) is 6.18 Å². The van der Waals surface area contributed by atoms with Crippen molar-refractivity contribution in [1.29, 1.82) is 0 Å². The zero-order valence-electron chi connectivity index (χ0n) is 9.38. The summed E-state index contributed by atoms with van der Waals surface area (Å²) in [7, 11) is 1.46. The smallest absolute Gasteiger partial charge is 0.418 e. The lowest BCUT2D eigenvalue weighted by Gasteiger charge is -2.04. The van der Waals surface area contributed by atoms with Crippen LogP contribution in [-0.2, 0) is 6.18 Å². The van der Waals surface area contributed by atoms with Gasteiger partial charge >= 0.3 is 6.18 Å². The number of halogens is 4. The maximum Gasteiger partial charge on any atom is 0.418 e. The number of hydrogen-bond acceptors (Lipinski definition) is 4. The van der Waals surface area contributed by atoms with Crippen molar-refractivity contribution in [2.24, 2.45) is 0 Å². The van der Waals surface area contributed by atoms with Crippen LogP contribution in [0.15, 0.2) is 21.3 Å². The van der Waals surface area contributed by atoms with Crippen molar-refractivity contribution in [3.8, 4) is 5.75 Å². The van der Waals surface area contributed by atoms with E-state index in [1.165, 1.54) is 13.2 Å². The van der Waals surface area contributed by atoms with Crippen LogP contribution in [0.1, 0.15) is 20.1 Å². The molecule has 2 aromatic rings. The Morgan fingerprint density at radius 2 is 2.00 bits per heavy atom. The number of carbonyl (C=O) groups excluding carboxylic acids is 1. The van der Waals surface area contributed by atoms with Crippen LogP contribution in [0.2, 0.25) is 0 Å². The van der Waals surface area contributed by atoms with E-state index in [0.717, 1.165) is 28.1 Å². The van der Waals surface area contributed by atoms with E-state index in [1.54, 1.807) is 5.38 Å². The zero-order valence-corrected chi connectivity index (χ0v) is 12.6. The molecule has 0 saturated carbocycles. The summed E-state index contributed by atoms with van der Waals surface area (Å²) in [5, 5.41) is 2.56. The van der Waals surface area contributed by atoms with Gasteiger partial charge in [-0.3, -0.25) is 4.79 Å². The molecule has 0 amide bonds. The van der Waals surface area contributed by atoms with Crippen LogP contribution in [0.4, 0.5) is 13.2 Å². The van der Waals surface area contributed by atoms with Crippen LogP contribution in [0.5, 0.6) is 5.75 Å². The van der Waals surface area contributed by atoms with Crippen LogP contribution in [0, 0.1) is 0 Å². The van der Waals surface area contributed by atoms with Gasteiger partial charge in [-0.15, -0.1) is 22.7 Å². The third-order valence-corrected chi connectivity index (χ3v) is 5.25. The van der Waals surface area contributed by atoms with Gasteiger partial charge in [-0.25, -0.2) is 0 Å². The van der Waals surface area contributed by atoms with Gasteiger partial charge in [0.25, 0.3) is 0 Å². The molecule has 102 valence electrons. The molecular weight excluding hydrogens is 365 g/mol. The van der Waals surface area contributed by atoms with E-state index < -0.39 is 17.5 Å². The zero-order chi connectivity index (χ0) is 14.2. The fraction of sp³-hybridized carbons (Fsp3) is 0.182. The van der Waals surface area contributed by atoms with Gasteiger partial charge in [0, 0.05) is 16.8 Å².